The molecule has 0 saturated carbocycles. The fraction of sp³-hybridized carbons (Fsp3) is 0.250. The van der Waals surface area contributed by atoms with Crippen LogP contribution < -0.4 is 5.14 Å². The highest BCUT2D eigenvalue weighted by atomic mass is 32.2. The Morgan fingerprint density at radius 2 is 2.20 bits per heavy atom. The van der Waals surface area contributed by atoms with E-state index in [1.165, 1.54) is 18.5 Å². The van der Waals surface area contributed by atoms with Gasteiger partial charge in [0.15, 0.2) is 0 Å². The summed E-state index contributed by atoms with van der Waals surface area (Å²) in [6, 6.07) is 1.36. The zero-order chi connectivity index (χ0) is 14.6. The van der Waals surface area contributed by atoms with E-state index in [2.05, 4.69) is 21.7 Å². The smallest absolute Gasteiger partial charge is 0.239 e. The van der Waals surface area contributed by atoms with Crippen molar-refractivity contribution < 1.29 is 12.9 Å². The van der Waals surface area contributed by atoms with Crippen LogP contribution in [0.3, 0.4) is 0 Å². The molecule has 106 valence electrons. The van der Waals surface area contributed by atoms with Crippen LogP contribution in [-0.2, 0) is 16.4 Å². The maximum atomic E-state index is 11.3. The Bertz CT molecular complexity index is 709. The monoisotopic (exact) mass is 294 g/mol. The molecule has 0 aromatic carbocycles. The molecule has 2 aromatic rings. The first-order valence-electron chi connectivity index (χ1n) is 5.92. The fourth-order valence-corrected chi connectivity index (χ4v) is 2.07. The number of nitrogens with zero attached hydrogens (tertiary/aromatic N) is 3. The molecule has 2 N–H and O–H groups in total. The summed E-state index contributed by atoms with van der Waals surface area (Å²) in [5.74, 6) is 0.777. The van der Waals surface area contributed by atoms with Gasteiger partial charge in [-0.3, -0.25) is 4.98 Å². The molecule has 2 aromatic heterocycles. The number of sulfonamides is 1. The highest BCUT2D eigenvalue weighted by Gasteiger charge is 2.13. The van der Waals surface area contributed by atoms with E-state index < -0.39 is 10.0 Å². The standard InChI is InChI=1S/C12H14N4O3S/c1-2-3-4-5-11-15-12(16-19-11)9-6-10(8-14-7-9)20(13,17)18/h2,6-8H,1,3-5H2,(H2,13,17,18). The van der Waals surface area contributed by atoms with Crippen molar-refractivity contribution >= 4 is 10.0 Å². The summed E-state index contributed by atoms with van der Waals surface area (Å²) in [5.41, 5.74) is 0.440. The van der Waals surface area contributed by atoms with E-state index in [-0.39, 0.29) is 10.7 Å². The summed E-state index contributed by atoms with van der Waals surface area (Å²) in [6.45, 7) is 3.63. The molecule has 0 amide bonds. The minimum Gasteiger partial charge on any atom is -0.339 e. The van der Waals surface area contributed by atoms with E-state index in [9.17, 15) is 8.42 Å². The van der Waals surface area contributed by atoms with Gasteiger partial charge in [-0.05, 0) is 18.9 Å². The molecule has 0 fully saturated rings. The van der Waals surface area contributed by atoms with Crippen molar-refractivity contribution in [3.63, 3.8) is 0 Å². The van der Waals surface area contributed by atoms with E-state index in [1.807, 2.05) is 6.08 Å². The van der Waals surface area contributed by atoms with Crippen molar-refractivity contribution in [1.82, 2.24) is 15.1 Å². The van der Waals surface area contributed by atoms with Crippen LogP contribution in [-0.4, -0.2) is 23.5 Å². The Morgan fingerprint density at radius 1 is 1.40 bits per heavy atom. The first-order valence-corrected chi connectivity index (χ1v) is 7.47. The normalized spacial score (nSPS) is 11.4. The number of allylic oxidation sites excluding steroid dienone is 1. The van der Waals surface area contributed by atoms with Gasteiger partial charge in [-0.15, -0.1) is 6.58 Å². The molecule has 0 aliphatic carbocycles. The molecule has 0 saturated heterocycles. The van der Waals surface area contributed by atoms with Crippen LogP contribution in [0.4, 0.5) is 0 Å². The van der Waals surface area contributed by atoms with E-state index in [1.54, 1.807) is 0 Å². The second-order valence-corrected chi connectivity index (χ2v) is 5.71. The summed E-state index contributed by atoms with van der Waals surface area (Å²) in [5, 5.41) is 8.85. The molecular weight excluding hydrogens is 280 g/mol. The van der Waals surface area contributed by atoms with Gasteiger partial charge in [0.2, 0.25) is 21.7 Å². The van der Waals surface area contributed by atoms with Gasteiger partial charge in [0, 0.05) is 24.4 Å². The van der Waals surface area contributed by atoms with Crippen LogP contribution in [0.1, 0.15) is 18.7 Å². The summed E-state index contributed by atoms with van der Waals surface area (Å²) >= 11 is 0. The Balaban J connectivity index is 2.22. The van der Waals surface area contributed by atoms with Gasteiger partial charge in [0.05, 0.1) is 0 Å². The third-order valence-electron chi connectivity index (χ3n) is 2.57. The van der Waals surface area contributed by atoms with E-state index in [0.717, 1.165) is 12.8 Å². The molecule has 2 heterocycles. The Morgan fingerprint density at radius 3 is 2.90 bits per heavy atom. The number of hydrogen-bond donors (Lipinski definition) is 1. The molecule has 0 aliphatic rings. The number of pyridine rings is 1. The van der Waals surface area contributed by atoms with Gasteiger partial charge in [-0.1, -0.05) is 11.2 Å². The topological polar surface area (TPSA) is 112 Å². The minimum absolute atomic E-state index is 0.0898. The highest BCUT2D eigenvalue weighted by Crippen LogP contribution is 2.18. The van der Waals surface area contributed by atoms with Crippen molar-refractivity contribution in [3.05, 3.63) is 37.0 Å². The van der Waals surface area contributed by atoms with Gasteiger partial charge >= 0.3 is 0 Å². The number of hydrogen-bond acceptors (Lipinski definition) is 6. The number of rotatable bonds is 6. The van der Waals surface area contributed by atoms with Crippen molar-refractivity contribution in [2.75, 3.05) is 0 Å². The van der Waals surface area contributed by atoms with Crippen LogP contribution >= 0.6 is 0 Å². The predicted octanol–water partition coefficient (Wildman–Crippen LogP) is 1.29. The SMILES string of the molecule is C=CCCCc1nc(-c2cncc(S(N)(=O)=O)c2)no1. The molecule has 20 heavy (non-hydrogen) atoms. The Labute approximate surface area is 116 Å². The Kier molecular flexibility index (Phi) is 4.26. The molecule has 0 atom stereocenters. The minimum atomic E-state index is -3.80. The van der Waals surface area contributed by atoms with Crippen LogP contribution in [0.5, 0.6) is 0 Å². The van der Waals surface area contributed by atoms with E-state index >= 15 is 0 Å². The third-order valence-corrected chi connectivity index (χ3v) is 3.45. The van der Waals surface area contributed by atoms with Crippen molar-refractivity contribution in [2.24, 2.45) is 5.14 Å². The first kappa shape index (κ1) is 14.4. The quantitative estimate of drug-likeness (QED) is 0.634. The largest absolute Gasteiger partial charge is 0.339 e. The molecule has 0 bridgehead atoms. The van der Waals surface area contributed by atoms with E-state index in [0.29, 0.717) is 17.9 Å². The molecule has 0 aliphatic heterocycles. The van der Waals surface area contributed by atoms with Crippen LogP contribution in [0, 0.1) is 0 Å². The molecule has 8 heteroatoms. The summed E-state index contributed by atoms with van der Waals surface area (Å²) in [7, 11) is -3.80. The van der Waals surface area contributed by atoms with Gasteiger partial charge < -0.3 is 4.52 Å². The second-order valence-electron chi connectivity index (χ2n) is 4.15. The lowest BCUT2D eigenvalue weighted by Gasteiger charge is -1.98. The average molecular weight is 294 g/mol. The average Bonchev–Trinajstić information content (AvgIpc) is 2.87. The van der Waals surface area contributed by atoms with Crippen molar-refractivity contribution in [1.29, 1.82) is 0 Å². The van der Waals surface area contributed by atoms with Gasteiger partial charge in [0.1, 0.15) is 4.90 Å². The summed E-state index contributed by atoms with van der Waals surface area (Å²) in [6.07, 6.45) is 6.80. The lowest BCUT2D eigenvalue weighted by Crippen LogP contribution is -2.12. The van der Waals surface area contributed by atoms with Gasteiger partial charge in [0.25, 0.3) is 0 Å². The van der Waals surface area contributed by atoms with Crippen molar-refractivity contribution in [2.45, 2.75) is 24.2 Å². The second kappa shape index (κ2) is 5.93. The molecular formula is C12H14N4O3S. The molecule has 0 spiro atoms. The van der Waals surface area contributed by atoms with Crippen LogP contribution in [0.15, 0.2) is 40.5 Å². The molecule has 7 nitrogen and oxygen atoms in total. The number of unbranched alkanes of at least 4 members (excludes halogenated alkanes) is 1. The lowest BCUT2D eigenvalue weighted by molar-refractivity contribution is 0.376. The van der Waals surface area contributed by atoms with Crippen LogP contribution in [0.25, 0.3) is 11.4 Å². The molecule has 0 radical (unpaired) electrons. The lowest BCUT2D eigenvalue weighted by atomic mass is 10.2. The molecule has 0 unspecified atom stereocenters. The van der Waals surface area contributed by atoms with Crippen molar-refractivity contribution in [3.8, 4) is 11.4 Å². The fourth-order valence-electron chi connectivity index (χ4n) is 1.57. The number of aromatic nitrogens is 3. The first-order chi connectivity index (χ1) is 9.50. The number of primary sulfonamides is 1. The van der Waals surface area contributed by atoms with Gasteiger partial charge in [-0.2, -0.15) is 4.98 Å². The molecule has 2 rings (SSSR count). The maximum Gasteiger partial charge on any atom is 0.239 e. The third kappa shape index (κ3) is 3.49. The van der Waals surface area contributed by atoms with E-state index in [4.69, 9.17) is 9.66 Å². The number of aryl methyl sites for hydroxylation is 1. The predicted molar refractivity (Wildman–Crippen MR) is 72.0 cm³/mol. The number of nitrogens with two attached hydrogens (primary N) is 1. The maximum absolute atomic E-state index is 11.3. The van der Waals surface area contributed by atoms with Gasteiger partial charge in [-0.25, -0.2) is 13.6 Å². The zero-order valence-electron chi connectivity index (χ0n) is 10.7. The summed E-state index contributed by atoms with van der Waals surface area (Å²) < 4.78 is 27.6. The van der Waals surface area contributed by atoms with Crippen LogP contribution in [0.2, 0.25) is 0 Å². The summed E-state index contributed by atoms with van der Waals surface area (Å²) in [4.78, 5) is 7.92. The highest BCUT2D eigenvalue weighted by molar-refractivity contribution is 7.89. The zero-order valence-corrected chi connectivity index (χ0v) is 11.5. The Hall–Kier alpha value is -2.06.